The first-order chi connectivity index (χ1) is 14.1. The number of carbonyl (C=O) groups excluding carboxylic acids is 1. The van der Waals surface area contributed by atoms with E-state index in [9.17, 15) is 4.79 Å². The molecule has 3 aromatic rings. The highest BCUT2D eigenvalue weighted by molar-refractivity contribution is 5.80. The molecule has 2 aliphatic rings. The zero-order chi connectivity index (χ0) is 20.0. The molecule has 0 N–H and O–H groups in total. The quantitative estimate of drug-likeness (QED) is 0.671. The topological polar surface area (TPSA) is 88.5 Å². The molecule has 1 unspecified atom stereocenters. The fraction of sp³-hybridized carbons (Fsp3) is 0.524. The van der Waals surface area contributed by atoms with Crippen LogP contribution in [0.4, 0.5) is 6.01 Å². The average molecular weight is 395 g/mol. The number of anilines is 1. The number of hydrogen-bond donors (Lipinski definition) is 0. The van der Waals surface area contributed by atoms with Crippen LogP contribution < -0.4 is 4.90 Å². The van der Waals surface area contributed by atoms with Crippen LogP contribution in [0.25, 0.3) is 11.2 Å². The number of amides is 1. The van der Waals surface area contributed by atoms with Crippen molar-refractivity contribution in [2.45, 2.75) is 45.6 Å². The van der Waals surface area contributed by atoms with Crippen LogP contribution in [0, 0.1) is 19.8 Å². The van der Waals surface area contributed by atoms with E-state index in [4.69, 9.17) is 8.94 Å². The Kier molecular flexibility index (Phi) is 4.49. The summed E-state index contributed by atoms with van der Waals surface area (Å²) in [5, 5.41) is 4.15. The molecule has 29 heavy (non-hydrogen) atoms. The van der Waals surface area contributed by atoms with Crippen molar-refractivity contribution in [1.82, 2.24) is 20.0 Å². The highest BCUT2D eigenvalue weighted by atomic mass is 16.5. The lowest BCUT2D eigenvalue weighted by Crippen LogP contribution is -2.42. The molecule has 1 atom stereocenters. The minimum atomic E-state index is 0.0320. The average Bonchev–Trinajstić information content (AvgIpc) is 3.46. The molecule has 2 saturated heterocycles. The maximum absolute atomic E-state index is 13.2. The van der Waals surface area contributed by atoms with Crippen molar-refractivity contribution in [1.29, 1.82) is 0 Å². The minimum Gasteiger partial charge on any atom is -0.422 e. The molecule has 3 aromatic heterocycles. The van der Waals surface area contributed by atoms with Gasteiger partial charge in [0.15, 0.2) is 5.58 Å². The van der Waals surface area contributed by atoms with E-state index in [0.29, 0.717) is 17.2 Å². The second-order valence-corrected chi connectivity index (χ2v) is 8.08. The molecule has 0 spiro atoms. The van der Waals surface area contributed by atoms with Gasteiger partial charge in [-0.1, -0.05) is 5.16 Å². The molecule has 0 saturated carbocycles. The van der Waals surface area contributed by atoms with Crippen LogP contribution in [0.5, 0.6) is 0 Å². The number of rotatable bonds is 3. The van der Waals surface area contributed by atoms with Crippen molar-refractivity contribution in [2.24, 2.45) is 5.92 Å². The number of pyridine rings is 1. The minimum absolute atomic E-state index is 0.0320. The van der Waals surface area contributed by atoms with Gasteiger partial charge in [-0.05, 0) is 51.7 Å². The van der Waals surface area contributed by atoms with Crippen molar-refractivity contribution < 1.29 is 13.7 Å². The van der Waals surface area contributed by atoms with Crippen molar-refractivity contribution in [3.05, 3.63) is 35.3 Å². The van der Waals surface area contributed by atoms with E-state index in [2.05, 4.69) is 20.0 Å². The molecule has 0 aliphatic carbocycles. The molecule has 2 fully saturated rings. The lowest BCUT2D eigenvalue weighted by molar-refractivity contribution is -0.137. The van der Waals surface area contributed by atoms with E-state index in [-0.39, 0.29) is 17.9 Å². The standard InChI is InChI=1S/C21H25N5O3/c1-13-5-6-18-19(22-13)23-21(28-18)25-10-7-15(8-11-25)20(27)26-9-3-4-17(26)16-12-14(2)29-24-16/h5-6,12,15,17H,3-4,7-11H2,1-2H3. The molecule has 0 aromatic carbocycles. The number of aryl methyl sites for hydroxylation is 2. The number of aromatic nitrogens is 3. The van der Waals surface area contributed by atoms with E-state index in [1.807, 2.05) is 36.9 Å². The van der Waals surface area contributed by atoms with Gasteiger partial charge in [-0.2, -0.15) is 4.98 Å². The van der Waals surface area contributed by atoms with Crippen LogP contribution in [0.15, 0.2) is 27.1 Å². The van der Waals surface area contributed by atoms with Gasteiger partial charge in [0.1, 0.15) is 11.5 Å². The predicted octanol–water partition coefficient (Wildman–Crippen LogP) is 3.41. The maximum atomic E-state index is 13.2. The van der Waals surface area contributed by atoms with Gasteiger partial charge in [0.05, 0.1) is 6.04 Å². The van der Waals surface area contributed by atoms with Gasteiger partial charge in [0, 0.05) is 37.3 Å². The van der Waals surface area contributed by atoms with E-state index in [1.165, 1.54) is 0 Å². The van der Waals surface area contributed by atoms with E-state index < -0.39 is 0 Å². The first-order valence-corrected chi connectivity index (χ1v) is 10.3. The van der Waals surface area contributed by atoms with Gasteiger partial charge in [-0.15, -0.1) is 0 Å². The Morgan fingerprint density at radius 2 is 1.93 bits per heavy atom. The summed E-state index contributed by atoms with van der Waals surface area (Å²) in [6.45, 7) is 6.13. The Morgan fingerprint density at radius 1 is 1.10 bits per heavy atom. The monoisotopic (exact) mass is 395 g/mol. The molecule has 1 amide bonds. The van der Waals surface area contributed by atoms with Crippen LogP contribution in [-0.4, -0.2) is 45.6 Å². The third kappa shape index (κ3) is 3.36. The second-order valence-electron chi connectivity index (χ2n) is 8.08. The summed E-state index contributed by atoms with van der Waals surface area (Å²) in [7, 11) is 0. The first kappa shape index (κ1) is 18.1. The van der Waals surface area contributed by atoms with E-state index in [0.717, 1.165) is 62.5 Å². The van der Waals surface area contributed by atoms with E-state index >= 15 is 0 Å². The molecule has 2 aliphatic heterocycles. The number of likely N-dealkylation sites (tertiary alicyclic amines) is 1. The number of hydrogen-bond acceptors (Lipinski definition) is 7. The predicted molar refractivity (Wildman–Crippen MR) is 106 cm³/mol. The van der Waals surface area contributed by atoms with Crippen LogP contribution in [0.3, 0.4) is 0 Å². The van der Waals surface area contributed by atoms with Crippen LogP contribution in [0.1, 0.15) is 48.9 Å². The molecular weight excluding hydrogens is 370 g/mol. The molecule has 0 radical (unpaired) electrons. The fourth-order valence-electron chi connectivity index (χ4n) is 4.47. The Bertz CT molecular complexity index is 1030. The Hall–Kier alpha value is -2.90. The summed E-state index contributed by atoms with van der Waals surface area (Å²) in [6, 6.07) is 6.42. The third-order valence-electron chi connectivity index (χ3n) is 6.02. The zero-order valence-corrected chi connectivity index (χ0v) is 16.8. The van der Waals surface area contributed by atoms with Crippen LogP contribution >= 0.6 is 0 Å². The number of carbonyl (C=O) groups is 1. The number of piperidine rings is 1. The normalized spacial score (nSPS) is 20.7. The van der Waals surface area contributed by atoms with Crippen molar-refractivity contribution in [3.8, 4) is 0 Å². The largest absolute Gasteiger partial charge is 0.422 e. The van der Waals surface area contributed by atoms with Gasteiger partial charge in [-0.25, -0.2) is 4.98 Å². The van der Waals surface area contributed by atoms with Gasteiger partial charge in [0.2, 0.25) is 11.6 Å². The van der Waals surface area contributed by atoms with Crippen LogP contribution in [-0.2, 0) is 4.79 Å². The SMILES string of the molecule is Cc1ccc2oc(N3CCC(C(=O)N4CCCC4c4cc(C)on4)CC3)nc2n1. The molecule has 8 nitrogen and oxygen atoms in total. The van der Waals surface area contributed by atoms with Gasteiger partial charge in [0.25, 0.3) is 6.01 Å². The summed E-state index contributed by atoms with van der Waals surface area (Å²) in [5.74, 6) is 1.06. The van der Waals surface area contributed by atoms with E-state index in [1.54, 1.807) is 0 Å². The fourth-order valence-corrected chi connectivity index (χ4v) is 4.47. The number of oxazole rings is 1. The summed E-state index contributed by atoms with van der Waals surface area (Å²) in [4.78, 5) is 26.3. The van der Waals surface area contributed by atoms with Crippen molar-refractivity contribution >= 4 is 23.2 Å². The molecule has 0 bridgehead atoms. The Morgan fingerprint density at radius 3 is 2.69 bits per heavy atom. The van der Waals surface area contributed by atoms with Gasteiger partial charge >= 0.3 is 0 Å². The molecular formula is C21H25N5O3. The third-order valence-corrected chi connectivity index (χ3v) is 6.02. The van der Waals surface area contributed by atoms with Crippen LogP contribution in [0.2, 0.25) is 0 Å². The smallest absolute Gasteiger partial charge is 0.299 e. The van der Waals surface area contributed by atoms with Gasteiger partial charge in [-0.3, -0.25) is 4.79 Å². The zero-order valence-electron chi connectivity index (χ0n) is 16.8. The van der Waals surface area contributed by atoms with Crippen molar-refractivity contribution in [2.75, 3.05) is 24.5 Å². The lowest BCUT2D eigenvalue weighted by atomic mass is 9.95. The first-order valence-electron chi connectivity index (χ1n) is 10.3. The summed E-state index contributed by atoms with van der Waals surface area (Å²) in [5.41, 5.74) is 3.14. The molecule has 152 valence electrons. The number of fused-ring (bicyclic) bond motifs is 1. The maximum Gasteiger partial charge on any atom is 0.299 e. The highest BCUT2D eigenvalue weighted by Gasteiger charge is 2.37. The second kappa shape index (κ2) is 7.17. The molecule has 5 rings (SSSR count). The summed E-state index contributed by atoms with van der Waals surface area (Å²) in [6.07, 6.45) is 3.55. The molecule has 5 heterocycles. The van der Waals surface area contributed by atoms with Crippen molar-refractivity contribution in [3.63, 3.8) is 0 Å². The highest BCUT2D eigenvalue weighted by Crippen LogP contribution is 2.35. The summed E-state index contributed by atoms with van der Waals surface area (Å²) >= 11 is 0. The molecule has 8 heteroatoms. The number of nitrogens with zero attached hydrogens (tertiary/aromatic N) is 5. The summed E-state index contributed by atoms with van der Waals surface area (Å²) < 4.78 is 11.1. The lowest BCUT2D eigenvalue weighted by Gasteiger charge is -2.33. The van der Waals surface area contributed by atoms with Gasteiger partial charge < -0.3 is 18.7 Å². The Labute approximate surface area is 168 Å². The Balaban J connectivity index is 1.25.